The van der Waals surface area contributed by atoms with Gasteiger partial charge in [0.2, 0.25) is 0 Å². The highest BCUT2D eigenvalue weighted by Gasteiger charge is 2.42. The van der Waals surface area contributed by atoms with E-state index in [1.165, 1.54) is 0 Å². The van der Waals surface area contributed by atoms with Crippen LogP contribution in [-0.4, -0.2) is 48.7 Å². The van der Waals surface area contributed by atoms with Gasteiger partial charge < -0.3 is 18.9 Å². The SMILES string of the molecule is C=CC[Si](C)(C)O[Si](C)(CCCN=CC(=NN)c1ccccc1)O[Si](C)(C)O. The topological polar surface area (TPSA) is 89.4 Å². The van der Waals surface area contributed by atoms with Crippen LogP contribution >= 0.6 is 0 Å². The van der Waals surface area contributed by atoms with E-state index in [0.29, 0.717) is 12.3 Å². The molecule has 0 aromatic heterocycles. The Bertz CT molecular complexity index is 676. The monoisotopic (exact) mass is 437 g/mol. The molecule has 28 heavy (non-hydrogen) atoms. The van der Waals surface area contributed by atoms with E-state index in [1.54, 1.807) is 19.3 Å². The summed E-state index contributed by atoms with van der Waals surface area (Å²) in [5.74, 6) is 5.49. The number of allylic oxidation sites excluding steroid dienone is 1. The lowest BCUT2D eigenvalue weighted by atomic mass is 10.1. The molecule has 1 aromatic rings. The van der Waals surface area contributed by atoms with Crippen LogP contribution in [0.1, 0.15) is 12.0 Å². The van der Waals surface area contributed by atoms with E-state index in [0.717, 1.165) is 24.1 Å². The van der Waals surface area contributed by atoms with Gasteiger partial charge in [-0.3, -0.25) is 4.99 Å². The molecule has 0 aliphatic rings. The summed E-state index contributed by atoms with van der Waals surface area (Å²) in [6.07, 6.45) is 4.43. The molecule has 0 aliphatic carbocycles. The largest absolute Gasteiger partial charge is 0.436 e. The highest BCUT2D eigenvalue weighted by molar-refractivity contribution is 6.86. The van der Waals surface area contributed by atoms with Gasteiger partial charge in [0, 0.05) is 18.3 Å². The van der Waals surface area contributed by atoms with Gasteiger partial charge in [0.25, 0.3) is 0 Å². The highest BCUT2D eigenvalue weighted by Crippen LogP contribution is 2.26. The summed E-state index contributed by atoms with van der Waals surface area (Å²) >= 11 is 0. The third-order valence-corrected chi connectivity index (χ3v) is 14.1. The Balaban J connectivity index is 2.71. The maximum Gasteiger partial charge on any atom is 0.320 e. The normalized spacial score (nSPS) is 15.6. The Labute approximate surface area is 172 Å². The third-order valence-electron chi connectivity index (χ3n) is 3.93. The lowest BCUT2D eigenvalue weighted by Gasteiger charge is -2.38. The van der Waals surface area contributed by atoms with Gasteiger partial charge in [0.1, 0.15) is 5.71 Å². The lowest BCUT2D eigenvalue weighted by Crippen LogP contribution is -2.54. The van der Waals surface area contributed by atoms with Gasteiger partial charge in [-0.25, -0.2) is 0 Å². The molecule has 0 radical (unpaired) electrons. The van der Waals surface area contributed by atoms with Crippen LogP contribution in [0.4, 0.5) is 0 Å². The minimum absolute atomic E-state index is 0.623. The van der Waals surface area contributed by atoms with Crippen molar-refractivity contribution in [1.29, 1.82) is 0 Å². The average Bonchev–Trinajstić information content (AvgIpc) is 2.56. The second-order valence-corrected chi connectivity index (χ2v) is 19.3. The van der Waals surface area contributed by atoms with Gasteiger partial charge in [0.05, 0.1) is 0 Å². The molecule has 1 rings (SSSR count). The summed E-state index contributed by atoms with van der Waals surface area (Å²) in [5, 5.41) is 3.82. The molecule has 0 heterocycles. The molecule has 0 fully saturated rings. The van der Waals surface area contributed by atoms with E-state index in [9.17, 15) is 4.80 Å². The zero-order valence-electron chi connectivity index (χ0n) is 17.8. The fourth-order valence-electron chi connectivity index (χ4n) is 3.06. The van der Waals surface area contributed by atoms with Gasteiger partial charge >= 0.3 is 17.1 Å². The molecule has 0 saturated heterocycles. The van der Waals surface area contributed by atoms with Gasteiger partial charge in [-0.2, -0.15) is 5.10 Å². The van der Waals surface area contributed by atoms with Gasteiger partial charge in [0.15, 0.2) is 8.32 Å². The van der Waals surface area contributed by atoms with E-state index in [1.807, 2.05) is 36.4 Å². The Morgan fingerprint density at radius 2 is 1.79 bits per heavy atom. The number of rotatable bonds is 12. The molecule has 3 N–H and O–H groups in total. The van der Waals surface area contributed by atoms with Crippen molar-refractivity contribution in [3.8, 4) is 0 Å². The fourth-order valence-corrected chi connectivity index (χ4v) is 15.1. The van der Waals surface area contributed by atoms with Crippen molar-refractivity contribution < 1.29 is 13.0 Å². The van der Waals surface area contributed by atoms with Crippen LogP contribution in [0.2, 0.25) is 44.8 Å². The third kappa shape index (κ3) is 9.71. The maximum absolute atomic E-state index is 10.3. The molecule has 9 heteroatoms. The minimum atomic E-state index is -2.69. The summed E-state index contributed by atoms with van der Waals surface area (Å²) in [7, 11) is -7.12. The predicted molar refractivity (Wildman–Crippen MR) is 126 cm³/mol. The number of hydrazone groups is 1. The molecular weight excluding hydrogens is 402 g/mol. The molecule has 0 amide bonds. The van der Waals surface area contributed by atoms with E-state index in [-0.39, 0.29) is 0 Å². The van der Waals surface area contributed by atoms with Crippen molar-refractivity contribution in [3.63, 3.8) is 0 Å². The standard InChI is InChI=1S/C19H35N3O3Si3/c1-7-15-26(2,3)24-28(6,25-27(4,5)23)16-11-14-21-17-19(22-20)18-12-9-8-10-13-18/h7-10,12-13,17,23H,1,11,14-16,20H2,2-6H3. The zero-order chi connectivity index (χ0) is 21.3. The van der Waals surface area contributed by atoms with Crippen molar-refractivity contribution >= 4 is 37.4 Å². The molecule has 6 nitrogen and oxygen atoms in total. The van der Waals surface area contributed by atoms with Crippen LogP contribution in [-0.2, 0) is 8.23 Å². The van der Waals surface area contributed by atoms with Crippen molar-refractivity contribution in [1.82, 2.24) is 0 Å². The minimum Gasteiger partial charge on any atom is -0.436 e. The molecule has 1 unspecified atom stereocenters. The fraction of sp³-hybridized carbons (Fsp3) is 0.474. The Morgan fingerprint density at radius 3 is 2.32 bits per heavy atom. The molecule has 0 saturated carbocycles. The van der Waals surface area contributed by atoms with Crippen LogP contribution < -0.4 is 5.84 Å². The summed E-state index contributed by atoms with van der Waals surface area (Å²) < 4.78 is 12.7. The second kappa shape index (κ2) is 11.0. The van der Waals surface area contributed by atoms with E-state index < -0.39 is 25.4 Å². The number of hydrogen-bond donors (Lipinski definition) is 2. The number of hydrogen-bond acceptors (Lipinski definition) is 6. The van der Waals surface area contributed by atoms with Crippen LogP contribution in [0.3, 0.4) is 0 Å². The van der Waals surface area contributed by atoms with E-state index in [4.69, 9.17) is 14.1 Å². The smallest absolute Gasteiger partial charge is 0.320 e. The first-order valence-electron chi connectivity index (χ1n) is 9.57. The first kappa shape index (κ1) is 24.7. The first-order valence-corrected chi connectivity index (χ1v) is 18.1. The summed E-state index contributed by atoms with van der Waals surface area (Å²) in [5.41, 5.74) is 1.58. The number of nitrogens with zero attached hydrogens (tertiary/aromatic N) is 2. The van der Waals surface area contributed by atoms with Gasteiger partial charge in [-0.15, -0.1) is 6.58 Å². The average molecular weight is 438 g/mol. The van der Waals surface area contributed by atoms with E-state index in [2.05, 4.69) is 36.3 Å². The zero-order valence-corrected chi connectivity index (χ0v) is 20.8. The predicted octanol–water partition coefficient (Wildman–Crippen LogP) is 4.00. The lowest BCUT2D eigenvalue weighted by molar-refractivity contribution is 0.317. The van der Waals surface area contributed by atoms with Crippen LogP contribution in [0.15, 0.2) is 53.1 Å². The Hall–Kier alpha value is -1.37. The van der Waals surface area contributed by atoms with Crippen molar-refractivity contribution in [2.75, 3.05) is 6.54 Å². The summed E-state index contributed by atoms with van der Waals surface area (Å²) in [4.78, 5) is 14.8. The Morgan fingerprint density at radius 1 is 1.14 bits per heavy atom. The van der Waals surface area contributed by atoms with Crippen LogP contribution in [0.25, 0.3) is 0 Å². The summed E-state index contributed by atoms with van der Waals surface area (Å²) in [6, 6.07) is 11.4. The van der Waals surface area contributed by atoms with Crippen LogP contribution in [0.5, 0.6) is 0 Å². The second-order valence-electron chi connectivity index (χ2n) is 8.06. The number of benzene rings is 1. The maximum atomic E-state index is 10.3. The van der Waals surface area contributed by atoms with Gasteiger partial charge in [-0.1, -0.05) is 36.4 Å². The molecule has 156 valence electrons. The molecule has 0 aliphatic heterocycles. The Kier molecular flexibility index (Phi) is 9.67. The van der Waals surface area contributed by atoms with E-state index >= 15 is 0 Å². The summed E-state index contributed by atoms with van der Waals surface area (Å²) in [6.45, 7) is 14.4. The van der Waals surface area contributed by atoms with Crippen LogP contribution in [0, 0.1) is 0 Å². The highest BCUT2D eigenvalue weighted by atomic mass is 28.5. The van der Waals surface area contributed by atoms with Crippen molar-refractivity contribution in [3.05, 3.63) is 48.6 Å². The number of nitrogens with two attached hydrogens (primary N) is 1. The molecule has 0 spiro atoms. The first-order chi connectivity index (χ1) is 13.0. The van der Waals surface area contributed by atoms with Crippen molar-refractivity contribution in [2.24, 2.45) is 15.9 Å². The molecule has 1 atom stereocenters. The molecule has 1 aromatic carbocycles. The number of aliphatic imine (C=N–C) groups is 1. The molecular formula is C19H35N3O3Si3. The quantitative estimate of drug-likeness (QED) is 0.129. The van der Waals surface area contributed by atoms with Crippen molar-refractivity contribution in [2.45, 2.75) is 51.2 Å². The van der Waals surface area contributed by atoms with Gasteiger partial charge in [-0.05, 0) is 51.2 Å². The molecule has 0 bridgehead atoms.